The molecule has 0 amide bonds. The number of allylic oxidation sites excluding steroid dienone is 4. The Morgan fingerprint density at radius 2 is 1.94 bits per heavy atom. The maximum Gasteiger partial charge on any atom is 0.124 e. The fraction of sp³-hybridized carbons (Fsp3) is 0.312. The third kappa shape index (κ3) is 5.86. The molecule has 0 N–H and O–H groups in total. The van der Waals surface area contributed by atoms with Crippen molar-refractivity contribution < 1.29 is 4.79 Å². The van der Waals surface area contributed by atoms with Gasteiger partial charge in [-0.3, -0.25) is 0 Å². The lowest BCUT2D eigenvalue weighted by atomic mass is 10.1. The van der Waals surface area contributed by atoms with Crippen molar-refractivity contribution in [1.29, 1.82) is 0 Å². The molecule has 0 heterocycles. The summed E-state index contributed by atoms with van der Waals surface area (Å²) in [5, 5.41) is 0. The molecule has 1 aliphatic rings. The Morgan fingerprint density at radius 1 is 1.18 bits per heavy atom. The average molecular weight is 228 g/mol. The Kier molecular flexibility index (Phi) is 6.73. The van der Waals surface area contributed by atoms with Crippen LogP contribution in [0.1, 0.15) is 31.7 Å². The van der Waals surface area contributed by atoms with Crippen molar-refractivity contribution in [3.8, 4) is 0 Å². The first-order valence-corrected chi connectivity index (χ1v) is 6.20. The molecule has 0 saturated heterocycles. The second kappa shape index (κ2) is 8.51. The summed E-state index contributed by atoms with van der Waals surface area (Å²) >= 11 is 0. The highest BCUT2D eigenvalue weighted by Gasteiger charge is 1.91. The maximum absolute atomic E-state index is 9.97. The van der Waals surface area contributed by atoms with Crippen LogP contribution in [0.3, 0.4) is 0 Å². The van der Waals surface area contributed by atoms with Gasteiger partial charge in [0.15, 0.2) is 0 Å². The van der Waals surface area contributed by atoms with Crippen LogP contribution in [0.25, 0.3) is 0 Å². The predicted molar refractivity (Wildman–Crippen MR) is 73.0 cm³/mol. The van der Waals surface area contributed by atoms with Crippen molar-refractivity contribution in [1.82, 2.24) is 0 Å². The van der Waals surface area contributed by atoms with Crippen LogP contribution in [-0.4, -0.2) is 6.29 Å². The largest absolute Gasteiger partial charge is 0.303 e. The lowest BCUT2D eigenvalue weighted by Gasteiger charge is -2.01. The van der Waals surface area contributed by atoms with Gasteiger partial charge in [0.1, 0.15) is 6.29 Å². The molecular weight excluding hydrogens is 208 g/mol. The summed E-state index contributed by atoms with van der Waals surface area (Å²) in [4.78, 5) is 9.97. The summed E-state index contributed by atoms with van der Waals surface area (Å²) in [5.41, 5.74) is 2.57. The zero-order chi connectivity index (χ0) is 12.3. The van der Waals surface area contributed by atoms with Crippen molar-refractivity contribution in [2.24, 2.45) is 0 Å². The van der Waals surface area contributed by atoms with E-state index in [0.717, 1.165) is 11.8 Å². The monoisotopic (exact) mass is 228 g/mol. The van der Waals surface area contributed by atoms with Crippen molar-refractivity contribution >= 4 is 6.29 Å². The Hall–Kier alpha value is -1.63. The molecule has 90 valence electrons. The highest BCUT2D eigenvalue weighted by Crippen LogP contribution is 2.11. The van der Waals surface area contributed by atoms with Gasteiger partial charge in [-0.2, -0.15) is 0 Å². The molecule has 1 aliphatic carbocycles. The molecule has 1 aromatic carbocycles. The average Bonchev–Trinajstić information content (AvgIpc) is 2.42. The van der Waals surface area contributed by atoms with Gasteiger partial charge < -0.3 is 4.79 Å². The number of hydrogen-bond acceptors (Lipinski definition) is 1. The summed E-state index contributed by atoms with van der Waals surface area (Å²) in [6.45, 7) is 2.20. The van der Waals surface area contributed by atoms with Gasteiger partial charge in [0, 0.05) is 6.42 Å². The maximum atomic E-state index is 9.97. The molecule has 1 aromatic rings. The Morgan fingerprint density at radius 3 is 2.41 bits per heavy atom. The molecule has 0 bridgehead atoms. The summed E-state index contributed by atoms with van der Waals surface area (Å²) < 4.78 is 0. The second-order valence-corrected chi connectivity index (χ2v) is 3.97. The normalized spacial score (nSPS) is 13.4. The van der Waals surface area contributed by atoms with Crippen LogP contribution in [0, 0.1) is 0 Å². The van der Waals surface area contributed by atoms with Crippen LogP contribution in [0.5, 0.6) is 0 Å². The van der Waals surface area contributed by atoms with Gasteiger partial charge in [-0.1, -0.05) is 61.1 Å². The quantitative estimate of drug-likeness (QED) is 0.712. The number of benzene rings is 1. The lowest BCUT2D eigenvalue weighted by molar-refractivity contribution is -0.107. The summed E-state index contributed by atoms with van der Waals surface area (Å²) in [6, 6.07) is 9.68. The summed E-state index contributed by atoms with van der Waals surface area (Å²) in [5.74, 6) is 0. The van der Waals surface area contributed by atoms with E-state index >= 15 is 0 Å². The number of carbonyl (C=O) groups is 1. The topological polar surface area (TPSA) is 17.1 Å². The van der Waals surface area contributed by atoms with Gasteiger partial charge in [0.05, 0.1) is 0 Å². The summed E-state index contributed by atoms with van der Waals surface area (Å²) in [6.07, 6.45) is 11.9. The van der Waals surface area contributed by atoms with Crippen molar-refractivity contribution in [2.45, 2.75) is 32.6 Å². The van der Waals surface area contributed by atoms with E-state index in [1.54, 1.807) is 0 Å². The first-order valence-electron chi connectivity index (χ1n) is 6.20. The van der Waals surface area contributed by atoms with Gasteiger partial charge in [-0.15, -0.1) is 0 Å². The molecule has 0 unspecified atom stereocenters. The number of rotatable bonds is 3. The SMILES string of the molecule is CCC1=CCCC=C1.O=CCc1ccccc1. The van der Waals surface area contributed by atoms with E-state index in [1.165, 1.54) is 24.8 Å². The van der Waals surface area contributed by atoms with Gasteiger partial charge in [0.25, 0.3) is 0 Å². The number of aldehydes is 1. The first kappa shape index (κ1) is 13.4. The molecule has 17 heavy (non-hydrogen) atoms. The standard InChI is InChI=1S/C8H8O.C8H12/c9-7-6-8-4-2-1-3-5-8;1-2-8-6-4-3-5-7-8/h1-5,7H,6H2;4,6-7H,2-3,5H2,1H3. The van der Waals surface area contributed by atoms with Gasteiger partial charge in [0.2, 0.25) is 0 Å². The van der Waals surface area contributed by atoms with Gasteiger partial charge in [-0.05, 0) is 24.8 Å². The molecule has 0 aliphatic heterocycles. The number of hydrogen-bond donors (Lipinski definition) is 0. The third-order valence-electron chi connectivity index (χ3n) is 2.64. The zero-order valence-electron chi connectivity index (χ0n) is 10.4. The van der Waals surface area contributed by atoms with Crippen LogP contribution in [0.2, 0.25) is 0 Å². The van der Waals surface area contributed by atoms with E-state index in [9.17, 15) is 4.79 Å². The van der Waals surface area contributed by atoms with E-state index in [1.807, 2.05) is 30.3 Å². The van der Waals surface area contributed by atoms with Crippen molar-refractivity contribution in [3.63, 3.8) is 0 Å². The molecular formula is C16H20O. The van der Waals surface area contributed by atoms with Crippen LogP contribution >= 0.6 is 0 Å². The van der Waals surface area contributed by atoms with E-state index in [4.69, 9.17) is 0 Å². The molecule has 0 atom stereocenters. The van der Waals surface area contributed by atoms with Crippen LogP contribution in [-0.2, 0) is 11.2 Å². The Bertz CT molecular complexity index is 374. The minimum Gasteiger partial charge on any atom is -0.303 e. The van der Waals surface area contributed by atoms with Crippen molar-refractivity contribution in [3.05, 3.63) is 59.7 Å². The number of carbonyl (C=O) groups excluding carboxylic acids is 1. The molecule has 0 aromatic heterocycles. The minimum absolute atomic E-state index is 0.529. The molecule has 0 saturated carbocycles. The van der Waals surface area contributed by atoms with Gasteiger partial charge >= 0.3 is 0 Å². The van der Waals surface area contributed by atoms with Crippen LogP contribution in [0.15, 0.2) is 54.1 Å². The van der Waals surface area contributed by atoms with E-state index in [0.29, 0.717) is 6.42 Å². The third-order valence-corrected chi connectivity index (χ3v) is 2.64. The highest BCUT2D eigenvalue weighted by atomic mass is 16.1. The fourth-order valence-electron chi connectivity index (χ4n) is 1.64. The van der Waals surface area contributed by atoms with E-state index in [-0.39, 0.29) is 0 Å². The first-order chi connectivity index (χ1) is 8.36. The smallest absolute Gasteiger partial charge is 0.124 e. The Balaban J connectivity index is 0.000000171. The molecule has 0 spiro atoms. The second-order valence-electron chi connectivity index (χ2n) is 3.97. The molecule has 2 rings (SSSR count). The summed E-state index contributed by atoms with van der Waals surface area (Å²) in [7, 11) is 0. The molecule has 0 fully saturated rings. The zero-order valence-corrected chi connectivity index (χ0v) is 10.4. The molecule has 1 nitrogen and oxygen atoms in total. The Labute approximate surface area is 104 Å². The molecule has 1 heteroatoms. The lowest BCUT2D eigenvalue weighted by Crippen LogP contribution is -1.82. The predicted octanol–water partition coefficient (Wildman–Crippen LogP) is 4.10. The van der Waals surface area contributed by atoms with E-state index < -0.39 is 0 Å². The molecule has 0 radical (unpaired) electrons. The van der Waals surface area contributed by atoms with E-state index in [2.05, 4.69) is 25.2 Å². The van der Waals surface area contributed by atoms with Crippen molar-refractivity contribution in [2.75, 3.05) is 0 Å². The van der Waals surface area contributed by atoms with Crippen LogP contribution in [0.4, 0.5) is 0 Å². The minimum atomic E-state index is 0.529. The highest BCUT2D eigenvalue weighted by molar-refractivity contribution is 5.54. The fourth-order valence-corrected chi connectivity index (χ4v) is 1.64. The van der Waals surface area contributed by atoms with Gasteiger partial charge in [-0.25, -0.2) is 0 Å². The van der Waals surface area contributed by atoms with Crippen LogP contribution < -0.4 is 0 Å².